The second kappa shape index (κ2) is 16.2. The number of aliphatic hydroxyl groups is 1. The van der Waals surface area contributed by atoms with Crippen LogP contribution in [0.5, 0.6) is 11.5 Å². The number of benzene rings is 1. The fourth-order valence-electron chi connectivity index (χ4n) is 8.73. The molecule has 1 N–H and O–H groups in total. The predicted molar refractivity (Wildman–Crippen MR) is 183 cm³/mol. The van der Waals surface area contributed by atoms with Gasteiger partial charge in [-0.25, -0.2) is 4.79 Å². The molecule has 1 spiro atoms. The van der Waals surface area contributed by atoms with Crippen molar-refractivity contribution >= 4 is 11.9 Å². The summed E-state index contributed by atoms with van der Waals surface area (Å²) >= 11 is 0. The van der Waals surface area contributed by atoms with E-state index in [1.165, 1.54) is 77.0 Å². The molecule has 0 amide bonds. The standard InChI is InChI=1S/C39H59NO7/c1-5-6-7-8-9-10-11-12-13-14-15-16-17-18-19-20-33(41)45-28(2)37(42)46-31-23-24-39(43)32-27-29-21-22-30(44-4)35-34(29)38(39,36(31)47-35)25-26-40(32)3/h21-23,28,32,36,43H,5-20,24-27H2,1-4H3/t28?,32-,36+,38+,39-/m1/s1. The van der Waals surface area contributed by atoms with Crippen LogP contribution in [0.15, 0.2) is 24.0 Å². The molecule has 0 saturated carbocycles. The van der Waals surface area contributed by atoms with Crippen molar-refractivity contribution in [2.24, 2.45) is 0 Å². The molecule has 1 aromatic rings. The van der Waals surface area contributed by atoms with Crippen LogP contribution in [0.3, 0.4) is 0 Å². The number of ether oxygens (including phenoxy) is 4. The Bertz CT molecular complexity index is 1260. The monoisotopic (exact) mass is 653 g/mol. The quantitative estimate of drug-likeness (QED) is 0.113. The first-order valence-electron chi connectivity index (χ1n) is 18.7. The van der Waals surface area contributed by atoms with Gasteiger partial charge in [-0.05, 0) is 57.5 Å². The first-order chi connectivity index (χ1) is 22.8. The topological polar surface area (TPSA) is 94.5 Å². The maximum atomic E-state index is 13.2. The highest BCUT2D eigenvalue weighted by molar-refractivity contribution is 5.80. The van der Waals surface area contributed by atoms with E-state index in [2.05, 4.69) is 24.9 Å². The Labute approximate surface area is 282 Å². The Balaban J connectivity index is 1.03. The van der Waals surface area contributed by atoms with Crippen LogP contribution in [0.1, 0.15) is 141 Å². The lowest BCUT2D eigenvalue weighted by atomic mass is 9.50. The first-order valence-corrected chi connectivity index (χ1v) is 18.7. The zero-order chi connectivity index (χ0) is 33.4. The van der Waals surface area contributed by atoms with Crippen LogP contribution >= 0.6 is 0 Å². The maximum absolute atomic E-state index is 13.2. The molecule has 0 radical (unpaired) electrons. The molecule has 4 aliphatic rings. The van der Waals surface area contributed by atoms with Gasteiger partial charge in [-0.3, -0.25) is 4.79 Å². The third-order valence-electron chi connectivity index (χ3n) is 11.4. The number of carbonyl (C=O) groups is 2. The van der Waals surface area contributed by atoms with Gasteiger partial charge in [-0.1, -0.05) is 103 Å². The van der Waals surface area contributed by atoms with Gasteiger partial charge in [0.2, 0.25) is 0 Å². The number of rotatable bonds is 20. The number of methoxy groups -OCH3 is 1. The van der Waals surface area contributed by atoms with Crippen molar-refractivity contribution in [1.29, 1.82) is 0 Å². The van der Waals surface area contributed by atoms with E-state index >= 15 is 0 Å². The molecule has 262 valence electrons. The van der Waals surface area contributed by atoms with Crippen LogP contribution in [0.2, 0.25) is 0 Å². The van der Waals surface area contributed by atoms with Gasteiger partial charge in [0.1, 0.15) is 5.76 Å². The molecule has 1 fully saturated rings. The second-order valence-corrected chi connectivity index (χ2v) is 14.5. The van der Waals surface area contributed by atoms with E-state index in [1.54, 1.807) is 20.1 Å². The molecule has 1 unspecified atom stereocenters. The number of esters is 2. The van der Waals surface area contributed by atoms with Gasteiger partial charge in [0, 0.05) is 24.4 Å². The van der Waals surface area contributed by atoms with Crippen LogP contribution < -0.4 is 9.47 Å². The lowest BCUT2D eigenvalue weighted by Gasteiger charge is -2.61. The molecule has 2 heterocycles. The van der Waals surface area contributed by atoms with Gasteiger partial charge < -0.3 is 29.0 Å². The molecule has 5 atom stereocenters. The smallest absolute Gasteiger partial charge is 0.352 e. The van der Waals surface area contributed by atoms with Gasteiger partial charge in [0.25, 0.3) is 0 Å². The summed E-state index contributed by atoms with van der Waals surface area (Å²) in [4.78, 5) is 28.0. The Kier molecular flexibility index (Phi) is 12.3. The number of unbranched alkanes of at least 4 members (excludes halogenated alkanes) is 14. The summed E-state index contributed by atoms with van der Waals surface area (Å²) in [6.45, 7) is 4.61. The number of carbonyl (C=O) groups excluding carboxylic acids is 2. The third-order valence-corrected chi connectivity index (χ3v) is 11.4. The number of nitrogens with zero attached hydrogens (tertiary/aromatic N) is 1. The Morgan fingerprint density at radius 1 is 0.979 bits per heavy atom. The summed E-state index contributed by atoms with van der Waals surface area (Å²) in [6.07, 6.45) is 21.1. The minimum atomic E-state index is -1.07. The maximum Gasteiger partial charge on any atom is 0.352 e. The Morgan fingerprint density at radius 2 is 1.60 bits per heavy atom. The fourth-order valence-corrected chi connectivity index (χ4v) is 8.73. The molecular formula is C39H59NO7. The molecule has 0 aromatic heterocycles. The molecule has 5 rings (SSSR count). The normalized spacial score (nSPS) is 26.2. The van der Waals surface area contributed by atoms with Crippen LogP contribution in [0.4, 0.5) is 0 Å². The molecular weight excluding hydrogens is 594 g/mol. The third kappa shape index (κ3) is 7.39. The van der Waals surface area contributed by atoms with Crippen LogP contribution in [-0.2, 0) is 30.9 Å². The largest absolute Gasteiger partial charge is 0.493 e. The van der Waals surface area contributed by atoms with Crippen molar-refractivity contribution in [3.63, 3.8) is 0 Å². The minimum absolute atomic E-state index is 0.0812. The van der Waals surface area contributed by atoms with Gasteiger partial charge in [0.15, 0.2) is 23.7 Å². The van der Waals surface area contributed by atoms with E-state index in [9.17, 15) is 14.7 Å². The molecule has 2 aliphatic heterocycles. The lowest BCUT2D eigenvalue weighted by molar-refractivity contribution is -0.175. The minimum Gasteiger partial charge on any atom is -0.493 e. The van der Waals surface area contributed by atoms with E-state index in [4.69, 9.17) is 18.9 Å². The Morgan fingerprint density at radius 3 is 2.21 bits per heavy atom. The number of hydrogen-bond acceptors (Lipinski definition) is 8. The van der Waals surface area contributed by atoms with Gasteiger partial charge >= 0.3 is 11.9 Å². The summed E-state index contributed by atoms with van der Waals surface area (Å²) < 4.78 is 23.6. The molecule has 8 heteroatoms. The second-order valence-electron chi connectivity index (χ2n) is 14.5. The number of likely N-dealkylation sites (N-methyl/N-ethyl adjacent to an activating group) is 1. The van der Waals surface area contributed by atoms with E-state index < -0.39 is 29.2 Å². The van der Waals surface area contributed by atoms with E-state index in [-0.39, 0.29) is 12.0 Å². The van der Waals surface area contributed by atoms with E-state index in [0.717, 1.165) is 36.9 Å². The van der Waals surface area contributed by atoms with Crippen LogP contribution in [-0.4, -0.2) is 66.5 Å². The lowest BCUT2D eigenvalue weighted by Crippen LogP contribution is -2.74. The number of hydrogen-bond donors (Lipinski definition) is 1. The summed E-state index contributed by atoms with van der Waals surface area (Å²) in [5, 5.41) is 12.3. The highest BCUT2D eigenvalue weighted by Gasteiger charge is 2.72. The van der Waals surface area contributed by atoms with Crippen molar-refractivity contribution in [3.8, 4) is 11.5 Å². The van der Waals surface area contributed by atoms with Crippen molar-refractivity contribution in [3.05, 3.63) is 35.1 Å². The van der Waals surface area contributed by atoms with Crippen molar-refractivity contribution in [1.82, 2.24) is 4.90 Å². The van der Waals surface area contributed by atoms with Crippen molar-refractivity contribution in [2.75, 3.05) is 20.7 Å². The summed E-state index contributed by atoms with van der Waals surface area (Å²) in [7, 11) is 3.67. The van der Waals surface area contributed by atoms with Crippen LogP contribution in [0, 0.1) is 0 Å². The SMILES string of the molecule is CCCCCCCCCCCCCCCCCC(=O)OC(C)C(=O)OC1=CC[C@@]2(O)[C@H]3Cc4ccc(OC)c5c4[C@@]2(CCN3C)[C@H]1O5. The number of piperidine rings is 1. The average molecular weight is 654 g/mol. The number of likely N-dealkylation sites (tertiary alicyclic amines) is 1. The highest BCUT2D eigenvalue weighted by Crippen LogP contribution is 2.65. The van der Waals surface area contributed by atoms with Gasteiger partial charge in [-0.2, -0.15) is 0 Å². The van der Waals surface area contributed by atoms with Crippen LogP contribution in [0.25, 0.3) is 0 Å². The molecule has 2 bridgehead atoms. The molecule has 1 aromatic carbocycles. The fraction of sp³-hybridized carbons (Fsp3) is 0.744. The summed E-state index contributed by atoms with van der Waals surface area (Å²) in [6, 6.07) is 3.90. The zero-order valence-corrected chi connectivity index (χ0v) is 29.5. The molecule has 8 nitrogen and oxygen atoms in total. The first kappa shape index (κ1) is 35.7. The van der Waals surface area contributed by atoms with Crippen molar-refractivity contribution in [2.45, 2.75) is 165 Å². The van der Waals surface area contributed by atoms with E-state index in [1.807, 2.05) is 6.07 Å². The van der Waals surface area contributed by atoms with Gasteiger partial charge in [0.05, 0.1) is 18.1 Å². The predicted octanol–water partition coefficient (Wildman–Crippen LogP) is 7.71. The molecule has 2 aliphatic carbocycles. The highest BCUT2D eigenvalue weighted by atomic mass is 16.6. The van der Waals surface area contributed by atoms with Crippen molar-refractivity contribution < 1.29 is 33.6 Å². The molecule has 47 heavy (non-hydrogen) atoms. The van der Waals surface area contributed by atoms with Gasteiger partial charge in [-0.15, -0.1) is 0 Å². The molecule has 1 saturated heterocycles. The summed E-state index contributed by atoms with van der Waals surface area (Å²) in [5.74, 6) is 0.607. The summed E-state index contributed by atoms with van der Waals surface area (Å²) in [5.41, 5.74) is 0.298. The average Bonchev–Trinajstić information content (AvgIpc) is 3.42. The van der Waals surface area contributed by atoms with E-state index in [0.29, 0.717) is 42.9 Å². The Hall–Kier alpha value is -2.58. The zero-order valence-electron chi connectivity index (χ0n) is 29.5.